The number of aromatic nitrogens is 2. The van der Waals surface area contributed by atoms with Gasteiger partial charge in [-0.15, -0.1) is 0 Å². The van der Waals surface area contributed by atoms with Gasteiger partial charge < -0.3 is 15.2 Å². The first-order valence-electron chi connectivity index (χ1n) is 6.51. The number of fused-ring (bicyclic) bond motifs is 1. The van der Waals surface area contributed by atoms with E-state index in [1.165, 1.54) is 0 Å². The molecule has 1 aromatic carbocycles. The minimum absolute atomic E-state index is 0.0880. The molecule has 2 atom stereocenters. The van der Waals surface area contributed by atoms with Crippen LogP contribution in [0.25, 0.3) is 11.0 Å². The van der Waals surface area contributed by atoms with E-state index in [1.807, 2.05) is 18.2 Å². The summed E-state index contributed by atoms with van der Waals surface area (Å²) >= 11 is 0. The third-order valence-corrected chi connectivity index (χ3v) is 3.56. The predicted molar refractivity (Wildman–Crippen MR) is 73.4 cm³/mol. The Kier molecular flexibility index (Phi) is 3.21. The van der Waals surface area contributed by atoms with Gasteiger partial charge in [-0.05, 0) is 31.4 Å². The van der Waals surface area contributed by atoms with Gasteiger partial charge in [0.1, 0.15) is 11.6 Å². The highest BCUT2D eigenvalue weighted by atomic mass is 16.5. The number of methoxy groups -OCH3 is 1. The second kappa shape index (κ2) is 5.01. The molecule has 2 aromatic rings. The molecule has 1 aromatic heterocycles. The smallest absolute Gasteiger partial charge is 0.145 e. The zero-order valence-corrected chi connectivity index (χ0v) is 10.8. The third kappa shape index (κ3) is 2.46. The maximum Gasteiger partial charge on any atom is 0.145 e. The highest BCUT2D eigenvalue weighted by molar-refractivity contribution is 5.77. The maximum absolute atomic E-state index is 9.80. The van der Waals surface area contributed by atoms with Crippen molar-refractivity contribution < 1.29 is 9.84 Å². The molecule has 19 heavy (non-hydrogen) atoms. The molecule has 1 heterocycles. The SMILES string of the molecule is COc1ccc2nc(N[C@H]3CCC[C@H]3O)cnc2c1. The van der Waals surface area contributed by atoms with Gasteiger partial charge >= 0.3 is 0 Å². The van der Waals surface area contributed by atoms with Crippen molar-refractivity contribution in [1.29, 1.82) is 0 Å². The molecule has 0 amide bonds. The standard InChI is InChI=1S/C14H17N3O2/c1-19-9-5-6-10-12(7-9)15-8-14(16-10)17-11-3-2-4-13(11)18/h5-8,11,13,18H,2-4H2,1H3,(H,16,17)/t11-,13+/m0/s1. The molecule has 0 unspecified atom stereocenters. The van der Waals surface area contributed by atoms with Crippen LogP contribution in [-0.2, 0) is 0 Å². The number of rotatable bonds is 3. The normalized spacial score (nSPS) is 22.6. The molecule has 2 N–H and O–H groups in total. The molecule has 3 rings (SSSR count). The quantitative estimate of drug-likeness (QED) is 0.882. The van der Waals surface area contributed by atoms with E-state index >= 15 is 0 Å². The van der Waals surface area contributed by atoms with Crippen molar-refractivity contribution in [2.75, 3.05) is 12.4 Å². The van der Waals surface area contributed by atoms with Crippen molar-refractivity contribution in [2.24, 2.45) is 0 Å². The van der Waals surface area contributed by atoms with E-state index in [0.29, 0.717) is 5.82 Å². The number of nitrogens with zero attached hydrogens (tertiary/aromatic N) is 2. The summed E-state index contributed by atoms with van der Waals surface area (Å²) in [6, 6.07) is 5.70. The molecule has 0 spiro atoms. The molecule has 0 radical (unpaired) electrons. The van der Waals surface area contributed by atoms with E-state index in [-0.39, 0.29) is 12.1 Å². The minimum Gasteiger partial charge on any atom is -0.497 e. The molecule has 1 fully saturated rings. The van der Waals surface area contributed by atoms with E-state index < -0.39 is 0 Å². The molecule has 1 aliphatic rings. The summed E-state index contributed by atoms with van der Waals surface area (Å²) < 4.78 is 5.16. The topological polar surface area (TPSA) is 67.3 Å². The Bertz CT molecular complexity index is 588. The maximum atomic E-state index is 9.80. The highest BCUT2D eigenvalue weighted by Gasteiger charge is 2.25. The van der Waals surface area contributed by atoms with Crippen LogP contribution < -0.4 is 10.1 Å². The minimum atomic E-state index is -0.284. The van der Waals surface area contributed by atoms with Gasteiger partial charge in [0.25, 0.3) is 0 Å². The van der Waals surface area contributed by atoms with Crippen molar-refractivity contribution in [3.63, 3.8) is 0 Å². The van der Waals surface area contributed by atoms with E-state index in [4.69, 9.17) is 4.74 Å². The van der Waals surface area contributed by atoms with Crippen molar-refractivity contribution >= 4 is 16.9 Å². The average molecular weight is 259 g/mol. The first-order valence-corrected chi connectivity index (χ1v) is 6.51. The number of aliphatic hydroxyl groups excluding tert-OH is 1. The third-order valence-electron chi connectivity index (χ3n) is 3.56. The number of nitrogens with one attached hydrogen (secondary N) is 1. The van der Waals surface area contributed by atoms with Crippen LogP contribution in [-0.4, -0.2) is 34.3 Å². The Morgan fingerprint density at radius 2 is 2.21 bits per heavy atom. The fraction of sp³-hybridized carbons (Fsp3) is 0.429. The molecule has 0 saturated heterocycles. The summed E-state index contributed by atoms with van der Waals surface area (Å²) in [4.78, 5) is 8.88. The van der Waals surface area contributed by atoms with Gasteiger partial charge in [0, 0.05) is 6.07 Å². The molecular formula is C14H17N3O2. The Hall–Kier alpha value is -1.88. The number of hydrogen-bond donors (Lipinski definition) is 2. The fourth-order valence-corrected chi connectivity index (χ4v) is 2.49. The van der Waals surface area contributed by atoms with Crippen LogP contribution in [0.5, 0.6) is 5.75 Å². The van der Waals surface area contributed by atoms with Gasteiger partial charge in [0.05, 0.1) is 36.5 Å². The van der Waals surface area contributed by atoms with E-state index in [0.717, 1.165) is 36.0 Å². The zero-order valence-electron chi connectivity index (χ0n) is 10.8. The monoisotopic (exact) mass is 259 g/mol. The Morgan fingerprint density at radius 3 is 2.95 bits per heavy atom. The van der Waals surface area contributed by atoms with Crippen molar-refractivity contribution in [3.05, 3.63) is 24.4 Å². The number of benzene rings is 1. The first-order chi connectivity index (χ1) is 9.26. The lowest BCUT2D eigenvalue weighted by atomic mass is 10.2. The van der Waals surface area contributed by atoms with Crippen LogP contribution in [0, 0.1) is 0 Å². The van der Waals surface area contributed by atoms with Crippen molar-refractivity contribution in [1.82, 2.24) is 9.97 Å². The summed E-state index contributed by atoms with van der Waals surface area (Å²) in [5, 5.41) is 13.1. The summed E-state index contributed by atoms with van der Waals surface area (Å²) in [7, 11) is 1.63. The molecule has 1 aliphatic carbocycles. The molecule has 5 nitrogen and oxygen atoms in total. The van der Waals surface area contributed by atoms with Crippen LogP contribution in [0.1, 0.15) is 19.3 Å². The molecular weight excluding hydrogens is 242 g/mol. The second-order valence-corrected chi connectivity index (χ2v) is 4.86. The highest BCUT2D eigenvalue weighted by Crippen LogP contribution is 2.23. The summed E-state index contributed by atoms with van der Waals surface area (Å²) in [5.74, 6) is 1.48. The van der Waals surface area contributed by atoms with Gasteiger partial charge in [-0.3, -0.25) is 4.98 Å². The molecule has 1 saturated carbocycles. The summed E-state index contributed by atoms with van der Waals surface area (Å²) in [6.45, 7) is 0. The lowest BCUT2D eigenvalue weighted by Gasteiger charge is -2.16. The number of hydrogen-bond acceptors (Lipinski definition) is 5. The van der Waals surface area contributed by atoms with Crippen molar-refractivity contribution in [3.8, 4) is 5.75 Å². The van der Waals surface area contributed by atoms with Gasteiger partial charge in [-0.1, -0.05) is 0 Å². The molecule has 5 heteroatoms. The van der Waals surface area contributed by atoms with Crippen molar-refractivity contribution in [2.45, 2.75) is 31.4 Å². The average Bonchev–Trinajstić information content (AvgIpc) is 2.84. The second-order valence-electron chi connectivity index (χ2n) is 4.86. The number of ether oxygens (including phenoxy) is 1. The summed E-state index contributed by atoms with van der Waals surface area (Å²) in [5.41, 5.74) is 1.62. The van der Waals surface area contributed by atoms with Crippen LogP contribution in [0.15, 0.2) is 24.4 Å². The van der Waals surface area contributed by atoms with Gasteiger partial charge in [0.2, 0.25) is 0 Å². The van der Waals surface area contributed by atoms with Crippen LogP contribution >= 0.6 is 0 Å². The largest absolute Gasteiger partial charge is 0.497 e. The molecule has 0 bridgehead atoms. The van der Waals surface area contributed by atoms with Gasteiger partial charge in [-0.25, -0.2) is 4.98 Å². The van der Waals surface area contributed by atoms with Gasteiger partial charge in [0.15, 0.2) is 0 Å². The molecule has 100 valence electrons. The lowest BCUT2D eigenvalue weighted by molar-refractivity contribution is 0.171. The van der Waals surface area contributed by atoms with Crippen LogP contribution in [0.4, 0.5) is 5.82 Å². The Morgan fingerprint density at radius 1 is 1.32 bits per heavy atom. The number of anilines is 1. The predicted octanol–water partition coefficient (Wildman–Crippen LogP) is 1.96. The van der Waals surface area contributed by atoms with E-state index in [9.17, 15) is 5.11 Å². The first kappa shape index (κ1) is 12.2. The van der Waals surface area contributed by atoms with Gasteiger partial charge in [-0.2, -0.15) is 0 Å². The van der Waals surface area contributed by atoms with E-state index in [1.54, 1.807) is 13.3 Å². The molecule has 0 aliphatic heterocycles. The van der Waals surface area contributed by atoms with E-state index in [2.05, 4.69) is 15.3 Å². The zero-order chi connectivity index (χ0) is 13.2. The van der Waals surface area contributed by atoms with Crippen LogP contribution in [0.3, 0.4) is 0 Å². The fourth-order valence-electron chi connectivity index (χ4n) is 2.49. The Balaban J connectivity index is 1.85. The van der Waals surface area contributed by atoms with Crippen LogP contribution in [0.2, 0.25) is 0 Å². The number of aliphatic hydroxyl groups is 1. The Labute approximate surface area is 111 Å². The summed E-state index contributed by atoms with van der Waals surface area (Å²) in [6.07, 6.45) is 4.30. The lowest BCUT2D eigenvalue weighted by Crippen LogP contribution is -2.28.